The zero-order chi connectivity index (χ0) is 14.8. The molecule has 1 unspecified atom stereocenters. The Kier molecular flexibility index (Phi) is 4.86. The molecule has 1 aromatic rings. The van der Waals surface area contributed by atoms with Crippen LogP contribution in [-0.4, -0.2) is 45.7 Å². The Morgan fingerprint density at radius 1 is 1.45 bits per heavy atom. The molecule has 0 bridgehead atoms. The summed E-state index contributed by atoms with van der Waals surface area (Å²) in [6.45, 7) is 12.6. The fraction of sp³-hybridized carbons (Fsp3) is 0.812. The Morgan fingerprint density at radius 2 is 2.20 bits per heavy atom. The number of piperazine rings is 1. The van der Waals surface area contributed by atoms with E-state index in [4.69, 9.17) is 0 Å². The molecule has 4 heteroatoms. The lowest BCUT2D eigenvalue weighted by Crippen LogP contribution is -2.62. The molecule has 1 fully saturated rings. The predicted octanol–water partition coefficient (Wildman–Crippen LogP) is 2.06. The minimum absolute atomic E-state index is 0.217. The summed E-state index contributed by atoms with van der Waals surface area (Å²) in [5, 5.41) is 3.69. The molecule has 114 valence electrons. The van der Waals surface area contributed by atoms with E-state index < -0.39 is 0 Å². The summed E-state index contributed by atoms with van der Waals surface area (Å²) in [7, 11) is 2.08. The van der Waals surface area contributed by atoms with Gasteiger partial charge in [-0.1, -0.05) is 13.8 Å². The van der Waals surface area contributed by atoms with E-state index in [-0.39, 0.29) is 5.54 Å². The maximum absolute atomic E-state index is 4.44. The highest BCUT2D eigenvalue weighted by Crippen LogP contribution is 2.20. The molecule has 1 aliphatic heterocycles. The highest BCUT2D eigenvalue weighted by Gasteiger charge is 2.32. The lowest BCUT2D eigenvalue weighted by Gasteiger charge is -2.45. The van der Waals surface area contributed by atoms with Crippen molar-refractivity contribution in [3.8, 4) is 0 Å². The Labute approximate surface area is 123 Å². The number of aryl methyl sites for hydroxylation is 1. The Bertz CT molecular complexity index is 422. The third-order valence-corrected chi connectivity index (χ3v) is 4.22. The number of imidazole rings is 1. The molecular formula is C16H30N4. The van der Waals surface area contributed by atoms with Crippen LogP contribution in [0.5, 0.6) is 0 Å². The summed E-state index contributed by atoms with van der Waals surface area (Å²) in [5.41, 5.74) is 0.217. The minimum Gasteiger partial charge on any atom is -0.338 e. The SMILES string of the molecule is CC(C)CC1CNC(C)(C)CN1CCc1nccn1C. The molecule has 0 amide bonds. The van der Waals surface area contributed by atoms with Gasteiger partial charge in [-0.3, -0.25) is 4.90 Å². The molecule has 2 rings (SSSR count). The van der Waals surface area contributed by atoms with Gasteiger partial charge >= 0.3 is 0 Å². The molecule has 1 aliphatic rings. The summed E-state index contributed by atoms with van der Waals surface area (Å²) in [6, 6.07) is 0.656. The monoisotopic (exact) mass is 278 g/mol. The third kappa shape index (κ3) is 4.06. The van der Waals surface area contributed by atoms with E-state index in [2.05, 4.69) is 54.5 Å². The second-order valence-corrected chi connectivity index (χ2v) is 7.22. The van der Waals surface area contributed by atoms with Gasteiger partial charge in [0.2, 0.25) is 0 Å². The molecule has 0 aromatic carbocycles. The van der Waals surface area contributed by atoms with Crippen molar-refractivity contribution in [1.29, 1.82) is 0 Å². The Morgan fingerprint density at radius 3 is 2.80 bits per heavy atom. The first-order valence-corrected chi connectivity index (χ1v) is 7.82. The molecule has 20 heavy (non-hydrogen) atoms. The first-order chi connectivity index (χ1) is 9.37. The second kappa shape index (κ2) is 6.27. The van der Waals surface area contributed by atoms with Crippen LogP contribution >= 0.6 is 0 Å². The van der Waals surface area contributed by atoms with Crippen molar-refractivity contribution in [3.05, 3.63) is 18.2 Å². The summed E-state index contributed by atoms with van der Waals surface area (Å²) in [6.07, 6.45) is 6.23. The van der Waals surface area contributed by atoms with Crippen molar-refractivity contribution in [1.82, 2.24) is 19.8 Å². The predicted molar refractivity (Wildman–Crippen MR) is 83.8 cm³/mol. The fourth-order valence-electron chi connectivity index (χ4n) is 3.14. The average Bonchev–Trinajstić information content (AvgIpc) is 2.74. The zero-order valence-corrected chi connectivity index (χ0v) is 13.7. The maximum atomic E-state index is 4.44. The maximum Gasteiger partial charge on any atom is 0.109 e. The number of rotatable bonds is 5. The van der Waals surface area contributed by atoms with Gasteiger partial charge in [0, 0.05) is 57.1 Å². The van der Waals surface area contributed by atoms with E-state index in [1.165, 1.54) is 12.2 Å². The van der Waals surface area contributed by atoms with Crippen LogP contribution in [0.15, 0.2) is 12.4 Å². The van der Waals surface area contributed by atoms with E-state index in [9.17, 15) is 0 Å². The molecule has 1 atom stereocenters. The highest BCUT2D eigenvalue weighted by molar-refractivity contribution is 4.96. The van der Waals surface area contributed by atoms with Crippen LogP contribution in [-0.2, 0) is 13.5 Å². The van der Waals surface area contributed by atoms with Crippen LogP contribution in [0.25, 0.3) is 0 Å². The quantitative estimate of drug-likeness (QED) is 0.895. The lowest BCUT2D eigenvalue weighted by atomic mass is 9.94. The van der Waals surface area contributed by atoms with Gasteiger partial charge in [0.05, 0.1) is 0 Å². The molecule has 2 heterocycles. The van der Waals surface area contributed by atoms with Crippen LogP contribution in [0.1, 0.15) is 39.9 Å². The lowest BCUT2D eigenvalue weighted by molar-refractivity contribution is 0.0832. The molecular weight excluding hydrogens is 248 g/mol. The second-order valence-electron chi connectivity index (χ2n) is 7.22. The smallest absolute Gasteiger partial charge is 0.109 e. The van der Waals surface area contributed by atoms with Crippen molar-refractivity contribution in [2.75, 3.05) is 19.6 Å². The van der Waals surface area contributed by atoms with Crippen molar-refractivity contribution in [2.45, 2.75) is 52.1 Å². The summed E-state index contributed by atoms with van der Waals surface area (Å²) < 4.78 is 2.13. The van der Waals surface area contributed by atoms with Gasteiger partial charge < -0.3 is 9.88 Å². The van der Waals surface area contributed by atoms with E-state index in [1.54, 1.807) is 0 Å². The van der Waals surface area contributed by atoms with E-state index in [1.807, 2.05) is 12.4 Å². The number of hydrogen-bond acceptors (Lipinski definition) is 3. The van der Waals surface area contributed by atoms with Crippen molar-refractivity contribution < 1.29 is 0 Å². The van der Waals surface area contributed by atoms with Crippen molar-refractivity contribution in [3.63, 3.8) is 0 Å². The van der Waals surface area contributed by atoms with E-state index in [0.717, 1.165) is 32.0 Å². The summed E-state index contributed by atoms with van der Waals surface area (Å²) in [5.74, 6) is 1.93. The Balaban J connectivity index is 1.98. The molecule has 0 radical (unpaired) electrons. The van der Waals surface area contributed by atoms with Gasteiger partial charge in [-0.15, -0.1) is 0 Å². The first-order valence-electron chi connectivity index (χ1n) is 7.82. The summed E-state index contributed by atoms with van der Waals surface area (Å²) in [4.78, 5) is 7.10. The van der Waals surface area contributed by atoms with E-state index >= 15 is 0 Å². The average molecular weight is 278 g/mol. The molecule has 0 aliphatic carbocycles. The minimum atomic E-state index is 0.217. The van der Waals surface area contributed by atoms with Crippen molar-refractivity contribution in [2.24, 2.45) is 13.0 Å². The molecule has 0 spiro atoms. The Hall–Kier alpha value is -0.870. The fourth-order valence-corrected chi connectivity index (χ4v) is 3.14. The van der Waals surface area contributed by atoms with Gasteiger partial charge in [0.15, 0.2) is 0 Å². The van der Waals surface area contributed by atoms with Crippen LogP contribution in [0.4, 0.5) is 0 Å². The molecule has 1 N–H and O–H groups in total. The van der Waals surface area contributed by atoms with Crippen LogP contribution in [0.2, 0.25) is 0 Å². The van der Waals surface area contributed by atoms with E-state index in [0.29, 0.717) is 6.04 Å². The first kappa shape index (κ1) is 15.5. The zero-order valence-electron chi connectivity index (χ0n) is 13.7. The number of nitrogens with one attached hydrogen (secondary N) is 1. The standard InChI is InChI=1S/C16H30N4/c1-13(2)10-14-11-18-16(3,4)12-20(14)8-6-15-17-7-9-19(15)5/h7,9,13-14,18H,6,8,10-12H2,1-5H3. The highest BCUT2D eigenvalue weighted by atomic mass is 15.2. The van der Waals surface area contributed by atoms with Crippen molar-refractivity contribution >= 4 is 0 Å². The third-order valence-electron chi connectivity index (χ3n) is 4.22. The number of nitrogens with zero attached hydrogens (tertiary/aromatic N) is 3. The molecule has 0 saturated carbocycles. The van der Waals surface area contributed by atoms with Crippen LogP contribution in [0, 0.1) is 5.92 Å². The molecule has 1 saturated heterocycles. The van der Waals surface area contributed by atoms with Gasteiger partial charge in [0.1, 0.15) is 5.82 Å². The van der Waals surface area contributed by atoms with Gasteiger partial charge in [-0.05, 0) is 26.2 Å². The van der Waals surface area contributed by atoms with Crippen LogP contribution in [0.3, 0.4) is 0 Å². The van der Waals surface area contributed by atoms with Gasteiger partial charge in [-0.2, -0.15) is 0 Å². The van der Waals surface area contributed by atoms with Crippen LogP contribution < -0.4 is 5.32 Å². The normalized spacial score (nSPS) is 23.4. The van der Waals surface area contributed by atoms with Gasteiger partial charge in [-0.25, -0.2) is 4.98 Å². The topological polar surface area (TPSA) is 33.1 Å². The summed E-state index contributed by atoms with van der Waals surface area (Å²) >= 11 is 0. The molecule has 4 nitrogen and oxygen atoms in total. The largest absolute Gasteiger partial charge is 0.338 e. The number of hydrogen-bond donors (Lipinski definition) is 1. The van der Waals surface area contributed by atoms with Gasteiger partial charge in [0.25, 0.3) is 0 Å². The molecule has 1 aromatic heterocycles. The number of aromatic nitrogens is 2.